The summed E-state index contributed by atoms with van der Waals surface area (Å²) in [6, 6.07) is 7.40. The quantitative estimate of drug-likeness (QED) is 0.625. The van der Waals surface area contributed by atoms with Crippen molar-refractivity contribution in [3.8, 4) is 0 Å². The smallest absolute Gasteiger partial charge is 0.192 e. The molecular formula is C14H14N2OS. The van der Waals surface area contributed by atoms with E-state index < -0.39 is 0 Å². The zero-order valence-corrected chi connectivity index (χ0v) is 11.4. The van der Waals surface area contributed by atoms with Crippen molar-refractivity contribution in [3.05, 3.63) is 46.8 Å². The number of hydrogen-bond acceptors (Lipinski definition) is 4. The molecule has 0 aliphatic heterocycles. The number of hydrogen-bond donors (Lipinski definition) is 0. The van der Waals surface area contributed by atoms with Crippen molar-refractivity contribution in [3.63, 3.8) is 0 Å². The van der Waals surface area contributed by atoms with Gasteiger partial charge in [-0.05, 0) is 50.2 Å². The van der Waals surface area contributed by atoms with Crippen LogP contribution < -0.4 is 0 Å². The number of benzene rings is 1. The Morgan fingerprint density at radius 3 is 2.06 bits per heavy atom. The third-order valence-electron chi connectivity index (χ3n) is 2.84. The van der Waals surface area contributed by atoms with Crippen LogP contribution in [-0.2, 0) is 0 Å². The van der Waals surface area contributed by atoms with E-state index in [2.05, 4.69) is 9.97 Å². The number of aldehydes is 1. The monoisotopic (exact) mass is 258 g/mol. The van der Waals surface area contributed by atoms with Crippen LogP contribution in [0.3, 0.4) is 0 Å². The first-order chi connectivity index (χ1) is 8.60. The average Bonchev–Trinajstić information content (AvgIpc) is 2.37. The average molecular weight is 258 g/mol. The maximum absolute atomic E-state index is 10.6. The Balaban J connectivity index is 2.25. The van der Waals surface area contributed by atoms with Crippen molar-refractivity contribution in [2.45, 2.75) is 30.8 Å². The van der Waals surface area contributed by atoms with Gasteiger partial charge in [0.1, 0.15) is 6.29 Å². The van der Waals surface area contributed by atoms with Gasteiger partial charge in [-0.15, -0.1) is 0 Å². The Morgan fingerprint density at radius 1 is 1.00 bits per heavy atom. The van der Waals surface area contributed by atoms with Crippen LogP contribution in [0.15, 0.2) is 34.3 Å². The van der Waals surface area contributed by atoms with E-state index >= 15 is 0 Å². The van der Waals surface area contributed by atoms with Crippen molar-refractivity contribution < 1.29 is 4.79 Å². The van der Waals surface area contributed by atoms with Crippen molar-refractivity contribution in [1.29, 1.82) is 0 Å². The Hall–Kier alpha value is -1.68. The van der Waals surface area contributed by atoms with E-state index in [9.17, 15) is 4.79 Å². The molecule has 0 radical (unpaired) electrons. The first kappa shape index (κ1) is 12.8. The van der Waals surface area contributed by atoms with Gasteiger partial charge in [-0.25, -0.2) is 9.97 Å². The molecule has 0 saturated carbocycles. The van der Waals surface area contributed by atoms with Crippen molar-refractivity contribution >= 4 is 18.0 Å². The van der Waals surface area contributed by atoms with E-state index in [0.29, 0.717) is 5.56 Å². The van der Waals surface area contributed by atoms with E-state index in [0.717, 1.165) is 33.3 Å². The maximum atomic E-state index is 10.6. The first-order valence-electron chi connectivity index (χ1n) is 5.65. The van der Waals surface area contributed by atoms with Gasteiger partial charge >= 0.3 is 0 Å². The van der Waals surface area contributed by atoms with Gasteiger partial charge in [0.15, 0.2) is 5.16 Å². The minimum absolute atomic E-state index is 0.677. The van der Waals surface area contributed by atoms with Crippen molar-refractivity contribution in [2.75, 3.05) is 0 Å². The molecule has 0 fully saturated rings. The van der Waals surface area contributed by atoms with E-state index in [1.807, 2.05) is 32.9 Å². The van der Waals surface area contributed by atoms with Gasteiger partial charge in [0.2, 0.25) is 0 Å². The summed E-state index contributed by atoms with van der Waals surface area (Å²) in [6.45, 7) is 6.01. The third kappa shape index (κ3) is 2.76. The SMILES string of the molecule is Cc1nc(Sc2ccc(C=O)cc2)nc(C)c1C. The Kier molecular flexibility index (Phi) is 3.77. The largest absolute Gasteiger partial charge is 0.298 e. The summed E-state index contributed by atoms with van der Waals surface area (Å²) >= 11 is 1.51. The molecule has 0 N–H and O–H groups in total. The Bertz CT molecular complexity index is 556. The van der Waals surface area contributed by atoms with Crippen LogP contribution in [0.1, 0.15) is 27.3 Å². The molecule has 18 heavy (non-hydrogen) atoms. The maximum Gasteiger partial charge on any atom is 0.192 e. The number of carbonyl (C=O) groups is 1. The standard InChI is InChI=1S/C14H14N2OS/c1-9-10(2)15-14(16-11(9)3)18-13-6-4-12(8-17)5-7-13/h4-8H,1-3H3. The summed E-state index contributed by atoms with van der Waals surface area (Å²) in [6.07, 6.45) is 0.838. The molecule has 1 aromatic heterocycles. The molecule has 0 atom stereocenters. The van der Waals surface area contributed by atoms with Gasteiger partial charge in [-0.3, -0.25) is 4.79 Å². The number of nitrogens with zero attached hydrogens (tertiary/aromatic N) is 2. The predicted octanol–water partition coefficient (Wildman–Crippen LogP) is 3.37. The van der Waals surface area contributed by atoms with Crippen molar-refractivity contribution in [1.82, 2.24) is 9.97 Å². The molecule has 2 aromatic rings. The summed E-state index contributed by atoms with van der Waals surface area (Å²) in [5.74, 6) is 0. The number of aromatic nitrogens is 2. The highest BCUT2D eigenvalue weighted by Crippen LogP contribution is 2.25. The highest BCUT2D eigenvalue weighted by molar-refractivity contribution is 7.99. The summed E-state index contributed by atoms with van der Waals surface area (Å²) in [4.78, 5) is 20.5. The molecule has 3 nitrogen and oxygen atoms in total. The third-order valence-corrected chi connectivity index (χ3v) is 3.71. The lowest BCUT2D eigenvalue weighted by Crippen LogP contribution is -1.97. The normalized spacial score (nSPS) is 10.4. The zero-order valence-electron chi connectivity index (χ0n) is 10.6. The van der Waals surface area contributed by atoms with Gasteiger partial charge in [0.05, 0.1) is 0 Å². The van der Waals surface area contributed by atoms with Crippen LogP contribution in [0.4, 0.5) is 0 Å². The van der Waals surface area contributed by atoms with Gasteiger partial charge in [0, 0.05) is 21.8 Å². The second-order valence-electron chi connectivity index (χ2n) is 4.09. The van der Waals surface area contributed by atoms with E-state index in [4.69, 9.17) is 0 Å². The van der Waals surface area contributed by atoms with Crippen LogP contribution in [0.5, 0.6) is 0 Å². The van der Waals surface area contributed by atoms with Crippen molar-refractivity contribution in [2.24, 2.45) is 0 Å². The summed E-state index contributed by atoms with van der Waals surface area (Å²) in [5.41, 5.74) is 3.83. The first-order valence-corrected chi connectivity index (χ1v) is 6.46. The van der Waals surface area contributed by atoms with E-state index in [-0.39, 0.29) is 0 Å². The fourth-order valence-corrected chi connectivity index (χ4v) is 2.36. The predicted molar refractivity (Wildman–Crippen MR) is 72.2 cm³/mol. The highest BCUT2D eigenvalue weighted by Gasteiger charge is 2.06. The molecule has 0 saturated heterocycles. The van der Waals surface area contributed by atoms with E-state index in [1.54, 1.807) is 12.1 Å². The molecule has 4 heteroatoms. The van der Waals surface area contributed by atoms with Gasteiger partial charge in [0.25, 0.3) is 0 Å². The van der Waals surface area contributed by atoms with Crippen LogP contribution in [0, 0.1) is 20.8 Å². The fraction of sp³-hybridized carbons (Fsp3) is 0.214. The van der Waals surface area contributed by atoms with E-state index in [1.165, 1.54) is 11.8 Å². The zero-order chi connectivity index (χ0) is 13.1. The molecule has 0 bridgehead atoms. The van der Waals surface area contributed by atoms with Gasteiger partial charge < -0.3 is 0 Å². The summed E-state index contributed by atoms with van der Waals surface area (Å²) in [5, 5.41) is 0.745. The van der Waals surface area contributed by atoms with Crippen LogP contribution >= 0.6 is 11.8 Å². The van der Waals surface area contributed by atoms with Gasteiger partial charge in [-0.2, -0.15) is 0 Å². The van der Waals surface area contributed by atoms with Gasteiger partial charge in [-0.1, -0.05) is 12.1 Å². The molecule has 0 unspecified atom stereocenters. The second-order valence-corrected chi connectivity index (χ2v) is 5.13. The fourth-order valence-electron chi connectivity index (χ4n) is 1.51. The molecule has 1 aromatic carbocycles. The van der Waals surface area contributed by atoms with Crippen LogP contribution in [0.2, 0.25) is 0 Å². The minimum Gasteiger partial charge on any atom is -0.298 e. The van der Waals surface area contributed by atoms with Crippen LogP contribution in [0.25, 0.3) is 0 Å². The molecule has 1 heterocycles. The van der Waals surface area contributed by atoms with Crippen LogP contribution in [-0.4, -0.2) is 16.3 Å². The lowest BCUT2D eigenvalue weighted by atomic mass is 10.2. The molecule has 92 valence electrons. The lowest BCUT2D eigenvalue weighted by Gasteiger charge is -2.06. The minimum atomic E-state index is 0.677. The molecule has 2 rings (SSSR count). The molecule has 0 amide bonds. The number of carbonyl (C=O) groups excluding carboxylic acids is 1. The lowest BCUT2D eigenvalue weighted by molar-refractivity contribution is 0.112. The highest BCUT2D eigenvalue weighted by atomic mass is 32.2. The molecule has 0 aliphatic carbocycles. The second kappa shape index (κ2) is 5.31. The Morgan fingerprint density at radius 2 is 1.56 bits per heavy atom. The summed E-state index contributed by atoms with van der Waals surface area (Å²) in [7, 11) is 0. The topological polar surface area (TPSA) is 42.9 Å². The number of rotatable bonds is 3. The molecule has 0 spiro atoms. The number of aryl methyl sites for hydroxylation is 2. The molecular weight excluding hydrogens is 244 g/mol. The summed E-state index contributed by atoms with van der Waals surface area (Å²) < 4.78 is 0. The Labute approximate surface area is 111 Å². The molecule has 0 aliphatic rings.